The van der Waals surface area contributed by atoms with Crippen molar-refractivity contribution in [3.63, 3.8) is 0 Å². The molecular weight excluding hydrogens is 264 g/mol. The molecule has 92 valence electrons. The zero-order valence-corrected chi connectivity index (χ0v) is 10.4. The third-order valence-electron chi connectivity index (χ3n) is 2.85. The van der Waals surface area contributed by atoms with Gasteiger partial charge in [-0.3, -0.25) is 4.79 Å². The number of carbonyl (C=O) groups excluding carboxylic acids is 1. The number of aromatic amines is 1. The Morgan fingerprint density at radius 2 is 2.16 bits per heavy atom. The minimum Gasteiger partial charge on any atom is -0.441 e. The summed E-state index contributed by atoms with van der Waals surface area (Å²) in [7, 11) is 0. The van der Waals surface area contributed by atoms with Gasteiger partial charge in [-0.15, -0.1) is 0 Å². The van der Waals surface area contributed by atoms with Crippen LogP contribution in [0.1, 0.15) is 21.7 Å². The van der Waals surface area contributed by atoms with E-state index in [2.05, 4.69) is 11.1 Å². The van der Waals surface area contributed by atoms with Crippen molar-refractivity contribution in [2.24, 2.45) is 0 Å². The Morgan fingerprint density at radius 3 is 2.84 bits per heavy atom. The van der Waals surface area contributed by atoms with Gasteiger partial charge in [-0.25, -0.2) is 0 Å². The molecule has 19 heavy (non-hydrogen) atoms. The lowest BCUT2D eigenvalue weighted by Gasteiger charge is -1.96. The minimum atomic E-state index is -0.247. The maximum Gasteiger partial charge on any atom is 0.230 e. The molecule has 2 heterocycles. The molecule has 0 amide bonds. The second kappa shape index (κ2) is 4.30. The number of benzene rings is 1. The second-order valence-corrected chi connectivity index (χ2v) is 4.38. The quantitative estimate of drug-likeness (QED) is 0.724. The lowest BCUT2D eigenvalue weighted by atomic mass is 10.1. The summed E-state index contributed by atoms with van der Waals surface area (Å²) in [5.41, 5.74) is 1.76. The van der Waals surface area contributed by atoms with Crippen molar-refractivity contribution in [1.82, 2.24) is 4.98 Å². The fourth-order valence-corrected chi connectivity index (χ4v) is 2.10. The molecule has 3 rings (SSSR count). The smallest absolute Gasteiger partial charge is 0.230 e. The zero-order chi connectivity index (χ0) is 13.4. The monoisotopic (exact) mass is 270 g/mol. The lowest BCUT2D eigenvalue weighted by molar-refractivity contribution is 0.101. The first-order valence-electron chi connectivity index (χ1n) is 5.50. The van der Waals surface area contributed by atoms with Crippen LogP contribution in [0.2, 0.25) is 5.22 Å². The van der Waals surface area contributed by atoms with Crippen LogP contribution in [0.3, 0.4) is 0 Å². The number of rotatable bonds is 2. The molecule has 0 aliphatic rings. The number of H-pyrrole nitrogens is 1. The van der Waals surface area contributed by atoms with E-state index in [0.717, 1.165) is 10.9 Å². The van der Waals surface area contributed by atoms with Crippen LogP contribution in [0.4, 0.5) is 0 Å². The van der Waals surface area contributed by atoms with E-state index in [-0.39, 0.29) is 16.8 Å². The third-order valence-corrected chi connectivity index (χ3v) is 3.06. The van der Waals surface area contributed by atoms with Gasteiger partial charge in [0.05, 0.1) is 17.2 Å². The molecule has 5 heteroatoms. The summed E-state index contributed by atoms with van der Waals surface area (Å²) in [5, 5.41) is 9.76. The molecule has 0 saturated heterocycles. The molecule has 0 fully saturated rings. The fraction of sp³-hybridized carbons (Fsp3) is 0. The predicted molar refractivity (Wildman–Crippen MR) is 70.2 cm³/mol. The van der Waals surface area contributed by atoms with E-state index < -0.39 is 0 Å². The van der Waals surface area contributed by atoms with E-state index >= 15 is 0 Å². The number of hydrogen-bond acceptors (Lipinski definition) is 3. The number of hydrogen-bond donors (Lipinski definition) is 1. The number of furan rings is 1. The highest BCUT2D eigenvalue weighted by Crippen LogP contribution is 2.24. The molecule has 1 aromatic carbocycles. The third kappa shape index (κ3) is 1.90. The van der Waals surface area contributed by atoms with Crippen LogP contribution in [0.25, 0.3) is 10.9 Å². The van der Waals surface area contributed by atoms with Crippen molar-refractivity contribution in [1.29, 1.82) is 5.26 Å². The number of fused-ring (bicyclic) bond motifs is 1. The van der Waals surface area contributed by atoms with Gasteiger partial charge in [-0.05, 0) is 35.9 Å². The van der Waals surface area contributed by atoms with E-state index in [4.69, 9.17) is 21.3 Å². The molecule has 0 radical (unpaired) electrons. The molecule has 0 atom stereocenters. The highest BCUT2D eigenvalue weighted by Gasteiger charge is 2.17. The maximum atomic E-state index is 12.3. The van der Waals surface area contributed by atoms with Gasteiger partial charge in [-0.1, -0.05) is 6.07 Å². The highest BCUT2D eigenvalue weighted by molar-refractivity contribution is 6.29. The molecule has 2 aromatic heterocycles. The number of nitrogens with one attached hydrogen (secondary N) is 1. The fourth-order valence-electron chi connectivity index (χ4n) is 1.95. The Hall–Kier alpha value is -2.51. The van der Waals surface area contributed by atoms with Crippen LogP contribution in [0, 0.1) is 11.3 Å². The number of carbonyl (C=O) groups is 1. The summed E-state index contributed by atoms with van der Waals surface area (Å²) in [6.07, 6.45) is 1.60. The summed E-state index contributed by atoms with van der Waals surface area (Å²) >= 11 is 5.66. The summed E-state index contributed by atoms with van der Waals surface area (Å²) < 4.78 is 5.11. The van der Waals surface area contributed by atoms with Crippen LogP contribution in [0.15, 0.2) is 40.9 Å². The summed E-state index contributed by atoms with van der Waals surface area (Å²) in [6, 6.07) is 10.2. The Balaban J connectivity index is 2.11. The average molecular weight is 271 g/mol. The van der Waals surface area contributed by atoms with Gasteiger partial charge in [0.25, 0.3) is 0 Å². The zero-order valence-electron chi connectivity index (χ0n) is 9.61. The van der Waals surface area contributed by atoms with Gasteiger partial charge in [0.15, 0.2) is 11.0 Å². The van der Waals surface area contributed by atoms with E-state index in [1.807, 2.05) is 0 Å². The van der Waals surface area contributed by atoms with Gasteiger partial charge >= 0.3 is 0 Å². The first-order chi connectivity index (χ1) is 9.19. The molecule has 0 aliphatic carbocycles. The molecule has 0 bridgehead atoms. The Bertz CT molecular complexity index is 823. The van der Waals surface area contributed by atoms with Crippen molar-refractivity contribution in [2.45, 2.75) is 0 Å². The Kier molecular flexibility index (Phi) is 2.62. The normalized spacial score (nSPS) is 10.5. The van der Waals surface area contributed by atoms with E-state index in [1.165, 1.54) is 12.1 Å². The average Bonchev–Trinajstić information content (AvgIpc) is 3.03. The summed E-state index contributed by atoms with van der Waals surface area (Å²) in [4.78, 5) is 15.2. The molecule has 1 N–H and O–H groups in total. The second-order valence-electron chi connectivity index (χ2n) is 4.01. The SMILES string of the molecule is N#Cc1ccc2c(C(=O)c3ccc(Cl)o3)c[nH]c2c1. The van der Waals surface area contributed by atoms with Gasteiger partial charge in [0.2, 0.25) is 5.78 Å². The van der Waals surface area contributed by atoms with Crippen molar-refractivity contribution in [3.05, 3.63) is 58.6 Å². The van der Waals surface area contributed by atoms with Gasteiger partial charge in [0, 0.05) is 17.1 Å². The van der Waals surface area contributed by atoms with Crippen LogP contribution >= 0.6 is 11.6 Å². The topological polar surface area (TPSA) is 69.8 Å². The highest BCUT2D eigenvalue weighted by atomic mass is 35.5. The number of aromatic nitrogens is 1. The molecule has 3 aromatic rings. The standard InChI is InChI=1S/C14H7ClN2O2/c15-13-4-3-12(19-13)14(18)10-7-17-11-5-8(6-16)1-2-9(10)11/h1-5,7,17H. The number of halogens is 1. The van der Waals surface area contributed by atoms with Crippen LogP contribution in [0.5, 0.6) is 0 Å². The minimum absolute atomic E-state index is 0.176. The largest absolute Gasteiger partial charge is 0.441 e. The van der Waals surface area contributed by atoms with Crippen LogP contribution in [-0.4, -0.2) is 10.8 Å². The van der Waals surface area contributed by atoms with Crippen LogP contribution < -0.4 is 0 Å². The first-order valence-corrected chi connectivity index (χ1v) is 5.88. The van der Waals surface area contributed by atoms with Gasteiger partial charge < -0.3 is 9.40 Å². The van der Waals surface area contributed by atoms with E-state index in [9.17, 15) is 4.79 Å². The van der Waals surface area contributed by atoms with Crippen molar-refractivity contribution >= 4 is 28.3 Å². The maximum absolute atomic E-state index is 12.3. The number of nitriles is 1. The molecule has 0 spiro atoms. The number of nitrogens with zero attached hydrogens (tertiary/aromatic N) is 1. The molecule has 0 unspecified atom stereocenters. The lowest BCUT2D eigenvalue weighted by Crippen LogP contribution is -1.97. The Morgan fingerprint density at radius 1 is 1.32 bits per heavy atom. The van der Waals surface area contributed by atoms with Crippen LogP contribution in [-0.2, 0) is 0 Å². The van der Waals surface area contributed by atoms with Crippen molar-refractivity contribution in [2.75, 3.05) is 0 Å². The number of ketones is 1. The predicted octanol–water partition coefficient (Wildman–Crippen LogP) is 3.52. The first kappa shape index (κ1) is 11.6. The molecule has 0 saturated carbocycles. The molecular formula is C14H7ClN2O2. The van der Waals surface area contributed by atoms with E-state index in [1.54, 1.807) is 24.4 Å². The van der Waals surface area contributed by atoms with E-state index in [0.29, 0.717) is 11.1 Å². The van der Waals surface area contributed by atoms with Crippen molar-refractivity contribution < 1.29 is 9.21 Å². The summed E-state index contributed by atoms with van der Waals surface area (Å²) in [6.45, 7) is 0. The van der Waals surface area contributed by atoms with Gasteiger partial charge in [0.1, 0.15) is 0 Å². The molecule has 0 aliphatic heterocycles. The molecule has 4 nitrogen and oxygen atoms in total. The Labute approximate surface area is 113 Å². The van der Waals surface area contributed by atoms with Gasteiger partial charge in [-0.2, -0.15) is 5.26 Å². The summed E-state index contributed by atoms with van der Waals surface area (Å²) in [5.74, 6) is -0.0573. The van der Waals surface area contributed by atoms with Crippen molar-refractivity contribution in [3.8, 4) is 6.07 Å².